The Kier molecular flexibility index (Phi) is 2.24. The van der Waals surface area contributed by atoms with E-state index in [0.717, 1.165) is 28.4 Å². The third-order valence-corrected chi connectivity index (χ3v) is 3.34. The van der Waals surface area contributed by atoms with Crippen LogP contribution in [-0.2, 0) is 0 Å². The SMILES string of the molecule is C1=C[C@H](c2ccccc2)Oc2cc3c(cc21)OCO3. The van der Waals surface area contributed by atoms with Crippen molar-refractivity contribution in [3.05, 3.63) is 59.7 Å². The molecule has 0 N–H and O–H groups in total. The Balaban J connectivity index is 1.71. The van der Waals surface area contributed by atoms with Crippen molar-refractivity contribution < 1.29 is 14.2 Å². The van der Waals surface area contributed by atoms with Gasteiger partial charge in [0.2, 0.25) is 6.79 Å². The molecule has 0 aliphatic carbocycles. The summed E-state index contributed by atoms with van der Waals surface area (Å²) in [5, 5.41) is 0. The second-order valence-electron chi connectivity index (χ2n) is 4.55. The maximum absolute atomic E-state index is 6.02. The van der Waals surface area contributed by atoms with Gasteiger partial charge in [-0.3, -0.25) is 0 Å². The molecule has 0 unspecified atom stereocenters. The van der Waals surface area contributed by atoms with Gasteiger partial charge in [-0.15, -0.1) is 0 Å². The fourth-order valence-corrected chi connectivity index (χ4v) is 2.36. The average molecular weight is 252 g/mol. The Hall–Kier alpha value is -2.42. The first kappa shape index (κ1) is 10.5. The number of benzene rings is 2. The standard InChI is InChI=1S/C16H12O3/c1-2-4-11(5-3-1)13-7-6-12-8-15-16(18-10-17-15)9-14(12)19-13/h1-9,13H,10H2/t13-/m1/s1. The molecule has 94 valence electrons. The Morgan fingerprint density at radius 2 is 1.68 bits per heavy atom. The van der Waals surface area contributed by atoms with Gasteiger partial charge in [-0.2, -0.15) is 0 Å². The molecule has 19 heavy (non-hydrogen) atoms. The van der Waals surface area contributed by atoms with Crippen molar-refractivity contribution >= 4 is 6.08 Å². The highest BCUT2D eigenvalue weighted by atomic mass is 16.7. The van der Waals surface area contributed by atoms with Crippen molar-refractivity contribution in [2.45, 2.75) is 6.10 Å². The van der Waals surface area contributed by atoms with Crippen LogP contribution in [0.2, 0.25) is 0 Å². The van der Waals surface area contributed by atoms with E-state index in [1.54, 1.807) is 0 Å². The molecule has 0 fully saturated rings. The second-order valence-corrected chi connectivity index (χ2v) is 4.55. The highest BCUT2D eigenvalue weighted by molar-refractivity contribution is 5.66. The zero-order valence-corrected chi connectivity index (χ0v) is 10.2. The Labute approximate surface area is 111 Å². The quantitative estimate of drug-likeness (QED) is 0.776. The van der Waals surface area contributed by atoms with Crippen LogP contribution in [0.3, 0.4) is 0 Å². The summed E-state index contributed by atoms with van der Waals surface area (Å²) in [5.41, 5.74) is 2.17. The van der Waals surface area contributed by atoms with Crippen LogP contribution in [0, 0.1) is 0 Å². The van der Waals surface area contributed by atoms with Gasteiger partial charge in [-0.25, -0.2) is 0 Å². The minimum Gasteiger partial charge on any atom is -0.481 e. The molecule has 2 aromatic carbocycles. The average Bonchev–Trinajstić information content (AvgIpc) is 2.92. The third kappa shape index (κ3) is 1.74. The van der Waals surface area contributed by atoms with Crippen molar-refractivity contribution in [2.75, 3.05) is 6.79 Å². The van der Waals surface area contributed by atoms with Crippen LogP contribution in [0.15, 0.2) is 48.5 Å². The monoisotopic (exact) mass is 252 g/mol. The molecule has 4 rings (SSSR count). The Morgan fingerprint density at radius 3 is 2.53 bits per heavy atom. The fraction of sp³-hybridized carbons (Fsp3) is 0.125. The molecule has 3 nitrogen and oxygen atoms in total. The first-order chi connectivity index (χ1) is 9.40. The van der Waals surface area contributed by atoms with Gasteiger partial charge < -0.3 is 14.2 Å². The summed E-state index contributed by atoms with van der Waals surface area (Å²) in [6.07, 6.45) is 4.08. The van der Waals surface area contributed by atoms with E-state index < -0.39 is 0 Å². The van der Waals surface area contributed by atoms with Crippen molar-refractivity contribution in [3.8, 4) is 17.2 Å². The van der Waals surface area contributed by atoms with E-state index in [0.29, 0.717) is 0 Å². The van der Waals surface area contributed by atoms with Crippen LogP contribution in [0.4, 0.5) is 0 Å². The van der Waals surface area contributed by atoms with Crippen molar-refractivity contribution in [2.24, 2.45) is 0 Å². The minimum absolute atomic E-state index is 0.0472. The largest absolute Gasteiger partial charge is 0.481 e. The van der Waals surface area contributed by atoms with E-state index in [1.165, 1.54) is 0 Å². The zero-order valence-electron chi connectivity index (χ0n) is 10.2. The third-order valence-electron chi connectivity index (χ3n) is 3.34. The predicted octanol–water partition coefficient (Wildman–Crippen LogP) is 3.56. The van der Waals surface area contributed by atoms with Crippen LogP contribution in [0.5, 0.6) is 17.2 Å². The summed E-state index contributed by atoms with van der Waals surface area (Å²) in [4.78, 5) is 0. The first-order valence-electron chi connectivity index (χ1n) is 6.23. The summed E-state index contributed by atoms with van der Waals surface area (Å²) in [6, 6.07) is 14.0. The van der Waals surface area contributed by atoms with Gasteiger partial charge in [0.25, 0.3) is 0 Å². The van der Waals surface area contributed by atoms with Crippen LogP contribution in [0.1, 0.15) is 17.2 Å². The zero-order chi connectivity index (χ0) is 12.7. The van der Waals surface area contributed by atoms with Gasteiger partial charge >= 0.3 is 0 Å². The second kappa shape index (κ2) is 4.05. The van der Waals surface area contributed by atoms with E-state index in [-0.39, 0.29) is 12.9 Å². The van der Waals surface area contributed by atoms with E-state index in [9.17, 15) is 0 Å². The van der Waals surface area contributed by atoms with Gasteiger partial charge in [-0.05, 0) is 17.7 Å². The molecular weight excluding hydrogens is 240 g/mol. The van der Waals surface area contributed by atoms with Gasteiger partial charge in [0.1, 0.15) is 11.9 Å². The molecule has 2 aromatic rings. The molecule has 2 aliphatic rings. The molecular formula is C16H12O3. The van der Waals surface area contributed by atoms with Gasteiger partial charge in [-0.1, -0.05) is 36.4 Å². The highest BCUT2D eigenvalue weighted by Crippen LogP contribution is 2.42. The predicted molar refractivity (Wildman–Crippen MR) is 71.4 cm³/mol. The van der Waals surface area contributed by atoms with Gasteiger partial charge in [0.15, 0.2) is 11.5 Å². The minimum atomic E-state index is -0.0472. The normalized spacial score (nSPS) is 18.8. The number of rotatable bonds is 1. The molecule has 0 radical (unpaired) electrons. The number of fused-ring (bicyclic) bond motifs is 2. The number of hydrogen-bond acceptors (Lipinski definition) is 3. The molecule has 0 saturated carbocycles. The summed E-state index contributed by atoms with van der Waals surface area (Å²) in [7, 11) is 0. The molecule has 0 amide bonds. The van der Waals surface area contributed by atoms with E-state index in [1.807, 2.05) is 30.3 Å². The molecule has 3 heteroatoms. The number of ether oxygens (including phenoxy) is 3. The lowest BCUT2D eigenvalue weighted by molar-refractivity contribution is 0.173. The lowest BCUT2D eigenvalue weighted by Gasteiger charge is -2.22. The molecule has 2 heterocycles. The molecule has 0 spiro atoms. The summed E-state index contributed by atoms with van der Waals surface area (Å²) >= 11 is 0. The lowest BCUT2D eigenvalue weighted by atomic mass is 10.0. The van der Waals surface area contributed by atoms with Crippen LogP contribution >= 0.6 is 0 Å². The smallest absolute Gasteiger partial charge is 0.231 e. The Morgan fingerprint density at radius 1 is 0.895 bits per heavy atom. The van der Waals surface area contributed by atoms with Crippen LogP contribution in [0.25, 0.3) is 6.08 Å². The molecule has 0 aromatic heterocycles. The van der Waals surface area contributed by atoms with Crippen LogP contribution < -0.4 is 14.2 Å². The highest BCUT2D eigenvalue weighted by Gasteiger charge is 2.22. The molecule has 0 bridgehead atoms. The summed E-state index contributed by atoms with van der Waals surface area (Å²) < 4.78 is 16.8. The first-order valence-corrected chi connectivity index (χ1v) is 6.23. The summed E-state index contributed by atoms with van der Waals surface area (Å²) in [6.45, 7) is 0.282. The lowest BCUT2D eigenvalue weighted by Crippen LogP contribution is -2.08. The molecule has 1 atom stereocenters. The molecule has 0 saturated heterocycles. The summed E-state index contributed by atoms with van der Waals surface area (Å²) in [5.74, 6) is 2.37. The van der Waals surface area contributed by atoms with Crippen molar-refractivity contribution in [3.63, 3.8) is 0 Å². The van der Waals surface area contributed by atoms with Crippen molar-refractivity contribution in [1.82, 2.24) is 0 Å². The van der Waals surface area contributed by atoms with Crippen LogP contribution in [-0.4, -0.2) is 6.79 Å². The maximum Gasteiger partial charge on any atom is 0.231 e. The van der Waals surface area contributed by atoms with E-state index in [4.69, 9.17) is 14.2 Å². The fourth-order valence-electron chi connectivity index (χ4n) is 2.36. The Bertz CT molecular complexity index is 647. The van der Waals surface area contributed by atoms with E-state index in [2.05, 4.69) is 24.3 Å². The van der Waals surface area contributed by atoms with Crippen molar-refractivity contribution in [1.29, 1.82) is 0 Å². The van der Waals surface area contributed by atoms with Gasteiger partial charge in [0, 0.05) is 11.6 Å². The topological polar surface area (TPSA) is 27.7 Å². The van der Waals surface area contributed by atoms with E-state index >= 15 is 0 Å². The maximum atomic E-state index is 6.02. The van der Waals surface area contributed by atoms with Gasteiger partial charge in [0.05, 0.1) is 0 Å². The number of hydrogen-bond donors (Lipinski definition) is 0. The molecule has 2 aliphatic heterocycles.